The van der Waals surface area contributed by atoms with E-state index in [9.17, 15) is 0 Å². The quantitative estimate of drug-likeness (QED) is 0.894. The van der Waals surface area contributed by atoms with E-state index in [1.165, 1.54) is 37.8 Å². The molecule has 0 aromatic heterocycles. The number of nitrogens with zero attached hydrogens (tertiary/aromatic N) is 1. The molecule has 0 bridgehead atoms. The van der Waals surface area contributed by atoms with Gasteiger partial charge in [0.2, 0.25) is 0 Å². The summed E-state index contributed by atoms with van der Waals surface area (Å²) in [6.45, 7) is 3.21. The molecule has 1 heterocycles. The van der Waals surface area contributed by atoms with Gasteiger partial charge >= 0.3 is 0 Å². The number of benzene rings is 1. The molecule has 0 radical (unpaired) electrons. The Morgan fingerprint density at radius 2 is 2.05 bits per heavy atom. The summed E-state index contributed by atoms with van der Waals surface area (Å²) in [5, 5.41) is 3.75. The van der Waals surface area contributed by atoms with Crippen LogP contribution in [0.25, 0.3) is 0 Å². The molecule has 21 heavy (non-hydrogen) atoms. The molecule has 1 atom stereocenters. The van der Waals surface area contributed by atoms with Crippen LogP contribution >= 0.6 is 15.9 Å². The second kappa shape index (κ2) is 7.01. The normalized spacial score (nSPS) is 24.1. The summed E-state index contributed by atoms with van der Waals surface area (Å²) in [6, 6.07) is 6.91. The molecular weight excluding hydrogens is 328 g/mol. The van der Waals surface area contributed by atoms with Gasteiger partial charge in [-0.1, -0.05) is 35.2 Å². The largest absolute Gasteiger partial charge is 0.495 e. The fourth-order valence-electron chi connectivity index (χ4n) is 3.76. The summed E-state index contributed by atoms with van der Waals surface area (Å²) in [7, 11) is 1.76. The molecule has 1 aromatic rings. The number of halogens is 1. The molecule has 1 aliphatic heterocycles. The van der Waals surface area contributed by atoms with E-state index >= 15 is 0 Å². The van der Waals surface area contributed by atoms with Crippen molar-refractivity contribution in [2.45, 2.75) is 38.1 Å². The lowest BCUT2D eigenvalue weighted by molar-refractivity contribution is 0.256. The molecular formula is C17H25BrN2O. The molecule has 1 aliphatic carbocycles. The first-order chi connectivity index (χ1) is 10.3. The predicted molar refractivity (Wildman–Crippen MR) is 91.3 cm³/mol. The Bertz CT molecular complexity index is 474. The molecule has 1 saturated heterocycles. The molecule has 1 N–H and O–H groups in total. The Morgan fingerprint density at radius 3 is 2.81 bits per heavy atom. The summed E-state index contributed by atoms with van der Waals surface area (Å²) in [5.74, 6) is 1.82. The first-order valence-corrected chi connectivity index (χ1v) is 8.89. The van der Waals surface area contributed by atoms with Crippen molar-refractivity contribution in [3.8, 4) is 5.75 Å². The van der Waals surface area contributed by atoms with Gasteiger partial charge in [0.25, 0.3) is 0 Å². The standard InChI is InChI=1S/C17H25BrN2O/c1-21-17-8-7-14(18)11-16(17)20-10-9-19-15(12-20)13-5-3-2-4-6-13/h7-8,11,13,15,19H,2-6,9-10,12H2,1H3. The lowest BCUT2D eigenvalue weighted by Crippen LogP contribution is -2.54. The highest BCUT2D eigenvalue weighted by molar-refractivity contribution is 9.10. The van der Waals surface area contributed by atoms with Crippen LogP contribution in [0.1, 0.15) is 32.1 Å². The summed E-state index contributed by atoms with van der Waals surface area (Å²) in [5.41, 5.74) is 1.22. The van der Waals surface area contributed by atoms with Crippen molar-refractivity contribution >= 4 is 21.6 Å². The van der Waals surface area contributed by atoms with Crippen molar-refractivity contribution in [2.75, 3.05) is 31.6 Å². The lowest BCUT2D eigenvalue weighted by atomic mass is 9.83. The van der Waals surface area contributed by atoms with E-state index in [2.05, 4.69) is 38.3 Å². The molecule has 4 heteroatoms. The first kappa shape index (κ1) is 15.2. The third kappa shape index (κ3) is 3.54. The number of hydrogen-bond acceptors (Lipinski definition) is 3. The minimum Gasteiger partial charge on any atom is -0.495 e. The summed E-state index contributed by atoms with van der Waals surface area (Å²) in [4.78, 5) is 2.49. The topological polar surface area (TPSA) is 24.5 Å². The van der Waals surface area contributed by atoms with Gasteiger partial charge in [-0.15, -0.1) is 0 Å². The van der Waals surface area contributed by atoms with Crippen molar-refractivity contribution in [1.82, 2.24) is 5.32 Å². The molecule has 0 amide bonds. The van der Waals surface area contributed by atoms with Crippen LogP contribution in [0.2, 0.25) is 0 Å². The van der Waals surface area contributed by atoms with E-state index in [1.54, 1.807) is 7.11 Å². The number of piperazine rings is 1. The molecule has 0 spiro atoms. The second-order valence-electron chi connectivity index (χ2n) is 6.22. The maximum atomic E-state index is 5.55. The van der Waals surface area contributed by atoms with Crippen molar-refractivity contribution < 1.29 is 4.74 Å². The Labute approximate surface area is 136 Å². The van der Waals surface area contributed by atoms with Crippen LogP contribution in [0.15, 0.2) is 22.7 Å². The molecule has 3 nitrogen and oxygen atoms in total. The predicted octanol–water partition coefficient (Wildman–Crippen LogP) is 3.82. The maximum absolute atomic E-state index is 5.55. The number of hydrogen-bond donors (Lipinski definition) is 1. The smallest absolute Gasteiger partial charge is 0.142 e. The van der Waals surface area contributed by atoms with Crippen molar-refractivity contribution in [3.63, 3.8) is 0 Å². The van der Waals surface area contributed by atoms with Gasteiger partial charge in [-0.25, -0.2) is 0 Å². The van der Waals surface area contributed by atoms with E-state index in [0.29, 0.717) is 6.04 Å². The number of ether oxygens (including phenoxy) is 1. The Hall–Kier alpha value is -0.740. The first-order valence-electron chi connectivity index (χ1n) is 8.10. The zero-order chi connectivity index (χ0) is 14.7. The average molecular weight is 353 g/mol. The van der Waals surface area contributed by atoms with Gasteiger partial charge in [0.1, 0.15) is 5.75 Å². The van der Waals surface area contributed by atoms with Crippen LogP contribution in [0.3, 0.4) is 0 Å². The Balaban J connectivity index is 1.74. The minimum absolute atomic E-state index is 0.628. The van der Waals surface area contributed by atoms with E-state index in [-0.39, 0.29) is 0 Å². The highest BCUT2D eigenvalue weighted by Crippen LogP contribution is 2.34. The fourth-order valence-corrected chi connectivity index (χ4v) is 4.11. The van der Waals surface area contributed by atoms with Crippen LogP contribution in [0.5, 0.6) is 5.75 Å². The Kier molecular flexibility index (Phi) is 5.07. The van der Waals surface area contributed by atoms with Crippen molar-refractivity contribution in [3.05, 3.63) is 22.7 Å². The van der Waals surface area contributed by atoms with E-state index in [4.69, 9.17) is 4.74 Å². The van der Waals surface area contributed by atoms with Crippen LogP contribution in [0.4, 0.5) is 5.69 Å². The lowest BCUT2D eigenvalue weighted by Gasteiger charge is -2.40. The van der Waals surface area contributed by atoms with Gasteiger partial charge in [0, 0.05) is 30.1 Å². The monoisotopic (exact) mass is 352 g/mol. The van der Waals surface area contributed by atoms with Crippen LogP contribution in [-0.4, -0.2) is 32.8 Å². The van der Waals surface area contributed by atoms with E-state index in [1.807, 2.05) is 6.07 Å². The molecule has 116 valence electrons. The van der Waals surface area contributed by atoms with Crippen molar-refractivity contribution in [1.29, 1.82) is 0 Å². The SMILES string of the molecule is COc1ccc(Br)cc1N1CCNC(C2CCCCC2)C1. The fraction of sp³-hybridized carbons (Fsp3) is 0.647. The van der Waals surface area contributed by atoms with Gasteiger partial charge in [-0.2, -0.15) is 0 Å². The number of rotatable bonds is 3. The highest BCUT2D eigenvalue weighted by Gasteiger charge is 2.29. The van der Waals surface area contributed by atoms with Gasteiger partial charge in [0.15, 0.2) is 0 Å². The number of methoxy groups -OCH3 is 1. The summed E-state index contributed by atoms with van der Waals surface area (Å²) < 4.78 is 6.67. The van der Waals surface area contributed by atoms with Gasteiger partial charge in [-0.05, 0) is 37.0 Å². The van der Waals surface area contributed by atoms with Crippen LogP contribution in [0, 0.1) is 5.92 Å². The zero-order valence-electron chi connectivity index (χ0n) is 12.8. The van der Waals surface area contributed by atoms with Crippen molar-refractivity contribution in [2.24, 2.45) is 5.92 Å². The third-order valence-electron chi connectivity index (χ3n) is 4.91. The highest BCUT2D eigenvalue weighted by atomic mass is 79.9. The average Bonchev–Trinajstić information content (AvgIpc) is 2.56. The number of nitrogens with one attached hydrogen (secondary N) is 1. The molecule has 1 unspecified atom stereocenters. The van der Waals surface area contributed by atoms with E-state index in [0.717, 1.165) is 35.8 Å². The molecule has 3 rings (SSSR count). The molecule has 1 aromatic carbocycles. The van der Waals surface area contributed by atoms with Gasteiger partial charge < -0.3 is 15.0 Å². The molecule has 2 fully saturated rings. The van der Waals surface area contributed by atoms with E-state index < -0.39 is 0 Å². The Morgan fingerprint density at radius 1 is 1.24 bits per heavy atom. The third-order valence-corrected chi connectivity index (χ3v) is 5.40. The maximum Gasteiger partial charge on any atom is 0.142 e. The zero-order valence-corrected chi connectivity index (χ0v) is 14.4. The molecule has 1 saturated carbocycles. The van der Waals surface area contributed by atoms with Crippen LogP contribution < -0.4 is 15.0 Å². The number of anilines is 1. The second-order valence-corrected chi connectivity index (χ2v) is 7.14. The molecule has 2 aliphatic rings. The summed E-state index contributed by atoms with van der Waals surface area (Å²) >= 11 is 3.59. The minimum atomic E-state index is 0.628. The van der Waals surface area contributed by atoms with Gasteiger partial charge in [0.05, 0.1) is 12.8 Å². The van der Waals surface area contributed by atoms with Crippen LogP contribution in [-0.2, 0) is 0 Å². The summed E-state index contributed by atoms with van der Waals surface area (Å²) in [6.07, 6.45) is 7.01. The van der Waals surface area contributed by atoms with Gasteiger partial charge in [-0.3, -0.25) is 0 Å².